The standard InChI is InChI=1S/C10H19N/c1-10(2)6-8-4-5-11(3)9(8)7-10/h8-9H,4-7H2,1-3H3. The predicted molar refractivity (Wildman–Crippen MR) is 47.5 cm³/mol. The lowest BCUT2D eigenvalue weighted by Crippen LogP contribution is -2.26. The Morgan fingerprint density at radius 2 is 2.00 bits per heavy atom. The van der Waals surface area contributed by atoms with Gasteiger partial charge in [0.25, 0.3) is 0 Å². The quantitative estimate of drug-likeness (QED) is 0.515. The molecule has 2 atom stereocenters. The molecule has 2 fully saturated rings. The van der Waals surface area contributed by atoms with E-state index in [0.717, 1.165) is 12.0 Å². The van der Waals surface area contributed by atoms with Crippen molar-refractivity contribution in [2.24, 2.45) is 11.3 Å². The molecule has 64 valence electrons. The van der Waals surface area contributed by atoms with Crippen LogP contribution in [0.5, 0.6) is 0 Å². The van der Waals surface area contributed by atoms with Crippen LogP contribution in [0.25, 0.3) is 0 Å². The summed E-state index contributed by atoms with van der Waals surface area (Å²) in [6.07, 6.45) is 4.33. The van der Waals surface area contributed by atoms with Gasteiger partial charge in [0.15, 0.2) is 0 Å². The van der Waals surface area contributed by atoms with Crippen LogP contribution in [-0.4, -0.2) is 24.5 Å². The lowest BCUT2D eigenvalue weighted by atomic mass is 9.90. The van der Waals surface area contributed by atoms with Gasteiger partial charge >= 0.3 is 0 Å². The first-order valence-corrected chi connectivity index (χ1v) is 4.79. The second kappa shape index (κ2) is 2.22. The molecule has 1 saturated heterocycles. The summed E-state index contributed by atoms with van der Waals surface area (Å²) in [5, 5.41) is 0. The minimum Gasteiger partial charge on any atom is -0.303 e. The highest BCUT2D eigenvalue weighted by molar-refractivity contribution is 4.97. The smallest absolute Gasteiger partial charge is 0.0126 e. The van der Waals surface area contributed by atoms with Gasteiger partial charge in [0.05, 0.1) is 0 Å². The molecule has 1 heterocycles. The third-order valence-electron chi connectivity index (χ3n) is 3.54. The maximum atomic E-state index is 2.55. The van der Waals surface area contributed by atoms with Gasteiger partial charge in [-0.3, -0.25) is 0 Å². The third-order valence-corrected chi connectivity index (χ3v) is 3.54. The number of rotatable bonds is 0. The van der Waals surface area contributed by atoms with Gasteiger partial charge in [0.2, 0.25) is 0 Å². The molecule has 0 amide bonds. The van der Waals surface area contributed by atoms with Gasteiger partial charge in [-0.25, -0.2) is 0 Å². The zero-order valence-corrected chi connectivity index (χ0v) is 7.93. The molecule has 2 aliphatic rings. The normalized spacial score (nSPS) is 42.8. The molecule has 0 spiro atoms. The fourth-order valence-electron chi connectivity index (χ4n) is 3.01. The van der Waals surface area contributed by atoms with E-state index >= 15 is 0 Å². The highest BCUT2D eigenvalue weighted by Gasteiger charge is 2.43. The molecule has 0 radical (unpaired) electrons. The zero-order chi connectivity index (χ0) is 8.06. The molecule has 0 aromatic rings. The molecule has 11 heavy (non-hydrogen) atoms. The van der Waals surface area contributed by atoms with Crippen molar-refractivity contribution in [2.75, 3.05) is 13.6 Å². The van der Waals surface area contributed by atoms with E-state index in [9.17, 15) is 0 Å². The Hall–Kier alpha value is -0.0400. The van der Waals surface area contributed by atoms with Gasteiger partial charge in [-0.1, -0.05) is 13.8 Å². The zero-order valence-electron chi connectivity index (χ0n) is 7.93. The second-order valence-electron chi connectivity index (χ2n) is 5.17. The maximum absolute atomic E-state index is 2.55. The summed E-state index contributed by atoms with van der Waals surface area (Å²) < 4.78 is 0. The number of hydrogen-bond donors (Lipinski definition) is 0. The summed E-state index contributed by atoms with van der Waals surface area (Å²) in [5.41, 5.74) is 0.629. The first-order valence-electron chi connectivity index (χ1n) is 4.79. The van der Waals surface area contributed by atoms with Crippen LogP contribution in [0.2, 0.25) is 0 Å². The molecule has 0 N–H and O–H groups in total. The fourth-order valence-corrected chi connectivity index (χ4v) is 3.01. The summed E-state index contributed by atoms with van der Waals surface area (Å²) in [6, 6.07) is 0.921. The minimum atomic E-state index is 0.629. The van der Waals surface area contributed by atoms with Gasteiger partial charge < -0.3 is 4.90 Å². The average molecular weight is 153 g/mol. The summed E-state index contributed by atoms with van der Waals surface area (Å²) in [5.74, 6) is 1.02. The van der Waals surface area contributed by atoms with Crippen LogP contribution in [-0.2, 0) is 0 Å². The Kier molecular flexibility index (Phi) is 1.54. The molecule has 1 nitrogen and oxygen atoms in total. The molecule has 0 aromatic heterocycles. The Morgan fingerprint density at radius 1 is 1.27 bits per heavy atom. The van der Waals surface area contributed by atoms with Crippen LogP contribution in [0.15, 0.2) is 0 Å². The van der Waals surface area contributed by atoms with Crippen LogP contribution in [0, 0.1) is 11.3 Å². The Bertz CT molecular complexity index is 162. The van der Waals surface area contributed by atoms with E-state index in [4.69, 9.17) is 0 Å². The Morgan fingerprint density at radius 3 is 2.64 bits per heavy atom. The molecule has 2 unspecified atom stereocenters. The molecule has 1 heteroatoms. The largest absolute Gasteiger partial charge is 0.303 e. The van der Waals surface area contributed by atoms with E-state index in [1.165, 1.54) is 25.8 Å². The minimum absolute atomic E-state index is 0.629. The molecule has 2 rings (SSSR count). The summed E-state index contributed by atoms with van der Waals surface area (Å²) in [4.78, 5) is 2.55. The van der Waals surface area contributed by atoms with Crippen molar-refractivity contribution in [3.05, 3.63) is 0 Å². The molecule has 1 saturated carbocycles. The lowest BCUT2D eigenvalue weighted by molar-refractivity contribution is 0.264. The summed E-state index contributed by atoms with van der Waals surface area (Å²) in [7, 11) is 2.28. The van der Waals surface area contributed by atoms with Crippen LogP contribution in [0.4, 0.5) is 0 Å². The van der Waals surface area contributed by atoms with Crippen LogP contribution < -0.4 is 0 Å². The van der Waals surface area contributed by atoms with E-state index in [0.29, 0.717) is 5.41 Å². The van der Waals surface area contributed by atoms with Crippen LogP contribution in [0.1, 0.15) is 33.1 Å². The van der Waals surface area contributed by atoms with Crippen LogP contribution in [0.3, 0.4) is 0 Å². The fraction of sp³-hybridized carbons (Fsp3) is 1.00. The van der Waals surface area contributed by atoms with Gasteiger partial charge in [0.1, 0.15) is 0 Å². The van der Waals surface area contributed by atoms with E-state index in [1.807, 2.05) is 0 Å². The van der Waals surface area contributed by atoms with Gasteiger partial charge in [-0.2, -0.15) is 0 Å². The number of hydrogen-bond acceptors (Lipinski definition) is 1. The second-order valence-corrected chi connectivity index (χ2v) is 5.17. The molecule has 1 aliphatic carbocycles. The van der Waals surface area contributed by atoms with Gasteiger partial charge in [-0.15, -0.1) is 0 Å². The van der Waals surface area contributed by atoms with Crippen molar-refractivity contribution < 1.29 is 0 Å². The Labute approximate surface area is 69.8 Å². The van der Waals surface area contributed by atoms with Crippen molar-refractivity contribution >= 4 is 0 Å². The van der Waals surface area contributed by atoms with E-state index in [-0.39, 0.29) is 0 Å². The number of likely N-dealkylation sites (tertiary alicyclic amines) is 1. The lowest BCUT2D eigenvalue weighted by Gasteiger charge is -2.21. The van der Waals surface area contributed by atoms with Crippen molar-refractivity contribution in [1.29, 1.82) is 0 Å². The van der Waals surface area contributed by atoms with Gasteiger partial charge in [-0.05, 0) is 44.2 Å². The first-order chi connectivity index (χ1) is 5.08. The number of fused-ring (bicyclic) bond motifs is 1. The van der Waals surface area contributed by atoms with Crippen molar-refractivity contribution in [2.45, 2.75) is 39.2 Å². The van der Waals surface area contributed by atoms with E-state index < -0.39 is 0 Å². The first kappa shape index (κ1) is 7.60. The molecule has 0 aromatic carbocycles. The monoisotopic (exact) mass is 153 g/mol. The van der Waals surface area contributed by atoms with Crippen molar-refractivity contribution in [3.63, 3.8) is 0 Å². The van der Waals surface area contributed by atoms with Crippen molar-refractivity contribution in [3.8, 4) is 0 Å². The Balaban J connectivity index is 2.10. The SMILES string of the molecule is CN1CCC2CC(C)(C)CC21. The van der Waals surface area contributed by atoms with E-state index in [2.05, 4.69) is 25.8 Å². The predicted octanol–water partition coefficient (Wildman–Crippen LogP) is 2.13. The van der Waals surface area contributed by atoms with Gasteiger partial charge in [0, 0.05) is 6.04 Å². The summed E-state index contributed by atoms with van der Waals surface area (Å²) in [6.45, 7) is 6.17. The molecule has 1 aliphatic heterocycles. The molecular formula is C10H19N. The average Bonchev–Trinajstić information content (AvgIpc) is 2.31. The van der Waals surface area contributed by atoms with Crippen molar-refractivity contribution in [1.82, 2.24) is 4.90 Å². The van der Waals surface area contributed by atoms with E-state index in [1.54, 1.807) is 0 Å². The third kappa shape index (κ3) is 1.20. The maximum Gasteiger partial charge on any atom is 0.0126 e. The number of nitrogens with zero attached hydrogens (tertiary/aromatic N) is 1. The topological polar surface area (TPSA) is 3.24 Å². The molecular weight excluding hydrogens is 134 g/mol. The van der Waals surface area contributed by atoms with Crippen LogP contribution >= 0.6 is 0 Å². The molecule has 0 bridgehead atoms. The highest BCUT2D eigenvalue weighted by atomic mass is 15.2. The summed E-state index contributed by atoms with van der Waals surface area (Å²) >= 11 is 0. The highest BCUT2D eigenvalue weighted by Crippen LogP contribution is 2.47.